The molecule has 2 atom stereocenters. The summed E-state index contributed by atoms with van der Waals surface area (Å²) >= 11 is 0. The first-order valence-corrected chi connectivity index (χ1v) is 13.1. The van der Waals surface area contributed by atoms with Crippen LogP contribution in [0.25, 0.3) is 0 Å². The molecule has 1 aliphatic carbocycles. The highest BCUT2D eigenvalue weighted by atomic mass is 19.4. The summed E-state index contributed by atoms with van der Waals surface area (Å²) in [6.07, 6.45) is -0.0203. The molecule has 11 heteroatoms. The van der Waals surface area contributed by atoms with Crippen LogP contribution in [0.3, 0.4) is 0 Å². The lowest BCUT2D eigenvalue weighted by atomic mass is 9.72. The van der Waals surface area contributed by atoms with Crippen LogP contribution < -0.4 is 5.32 Å². The van der Waals surface area contributed by atoms with E-state index in [-0.39, 0.29) is 23.1 Å². The van der Waals surface area contributed by atoms with Gasteiger partial charge in [-0.25, -0.2) is 4.79 Å². The van der Waals surface area contributed by atoms with Gasteiger partial charge >= 0.3 is 12.1 Å². The predicted octanol–water partition coefficient (Wildman–Crippen LogP) is 3.98. The molecule has 1 saturated carbocycles. The van der Waals surface area contributed by atoms with Gasteiger partial charge in [0.25, 0.3) is 0 Å². The average molecular weight is 541 g/mol. The molecule has 5 rings (SSSR count). The number of piperidine rings is 1. The van der Waals surface area contributed by atoms with E-state index in [4.69, 9.17) is 9.47 Å². The number of nitrogens with one attached hydrogen (secondary N) is 1. The van der Waals surface area contributed by atoms with E-state index in [9.17, 15) is 32.7 Å². The molecule has 2 N–H and O–H groups in total. The molecular formula is C27H35F3N2O6. The maximum absolute atomic E-state index is 13.4. The molecule has 8 nitrogen and oxygen atoms in total. The van der Waals surface area contributed by atoms with E-state index in [0.717, 1.165) is 37.8 Å². The number of carbonyl (C=O) groups excluding carboxylic acids is 2. The SMILES string of the molecule is CC(=O)NC(C(=O)N1CCC(c2ccc(C(F)(F)F)c(C(=O)O)c2)CC1)[C@@H](C)OCC12CCC(CC1)OC2. The normalized spacial score (nSPS) is 25.6. The van der Waals surface area contributed by atoms with Crippen molar-refractivity contribution >= 4 is 17.8 Å². The average Bonchev–Trinajstić information content (AvgIpc) is 2.90. The van der Waals surface area contributed by atoms with Crippen molar-refractivity contribution in [2.24, 2.45) is 5.41 Å². The summed E-state index contributed by atoms with van der Waals surface area (Å²) in [5, 5.41) is 12.0. The Morgan fingerprint density at radius 2 is 1.84 bits per heavy atom. The first-order valence-electron chi connectivity index (χ1n) is 13.1. The number of amides is 2. The molecule has 4 aliphatic rings. The van der Waals surface area contributed by atoms with E-state index in [0.29, 0.717) is 50.8 Å². The minimum Gasteiger partial charge on any atom is -0.478 e. The van der Waals surface area contributed by atoms with Gasteiger partial charge in [-0.1, -0.05) is 6.07 Å². The molecule has 3 saturated heterocycles. The summed E-state index contributed by atoms with van der Waals surface area (Å²) in [6, 6.07) is 2.34. The summed E-state index contributed by atoms with van der Waals surface area (Å²) in [7, 11) is 0. The quantitative estimate of drug-likeness (QED) is 0.517. The summed E-state index contributed by atoms with van der Waals surface area (Å²) < 4.78 is 51.6. The Bertz CT molecular complexity index is 1030. The van der Waals surface area contributed by atoms with Crippen LogP contribution in [0.4, 0.5) is 13.2 Å². The lowest BCUT2D eigenvalue weighted by molar-refractivity contribution is -0.157. The Kier molecular flexibility index (Phi) is 8.37. The molecule has 38 heavy (non-hydrogen) atoms. The highest BCUT2D eigenvalue weighted by Crippen LogP contribution is 2.43. The molecule has 3 heterocycles. The van der Waals surface area contributed by atoms with Crippen LogP contribution in [0.1, 0.15) is 79.8 Å². The monoisotopic (exact) mass is 540 g/mol. The van der Waals surface area contributed by atoms with Gasteiger partial charge < -0.3 is 24.8 Å². The van der Waals surface area contributed by atoms with Crippen molar-refractivity contribution in [1.29, 1.82) is 0 Å². The van der Waals surface area contributed by atoms with Gasteiger partial charge in [0.15, 0.2) is 0 Å². The Morgan fingerprint density at radius 3 is 2.37 bits per heavy atom. The molecule has 210 valence electrons. The van der Waals surface area contributed by atoms with Crippen molar-refractivity contribution < 1.29 is 42.1 Å². The second-order valence-electron chi connectivity index (χ2n) is 10.9. The largest absolute Gasteiger partial charge is 0.478 e. The third kappa shape index (κ3) is 6.31. The molecule has 2 amide bonds. The lowest BCUT2D eigenvalue weighted by Crippen LogP contribution is -2.56. The number of likely N-dealkylation sites (tertiary alicyclic amines) is 1. The lowest BCUT2D eigenvalue weighted by Gasteiger charge is -2.46. The number of rotatable bonds is 8. The zero-order chi connectivity index (χ0) is 27.7. The number of aromatic carboxylic acids is 1. The highest BCUT2D eigenvalue weighted by Gasteiger charge is 2.43. The smallest absolute Gasteiger partial charge is 0.417 e. The minimum atomic E-state index is -4.76. The number of alkyl halides is 3. The Hall–Kier alpha value is -2.66. The van der Waals surface area contributed by atoms with Gasteiger partial charge in [0.1, 0.15) is 6.04 Å². The molecule has 1 aromatic carbocycles. The van der Waals surface area contributed by atoms with Crippen LogP contribution >= 0.6 is 0 Å². The van der Waals surface area contributed by atoms with Crippen LogP contribution in [0.5, 0.6) is 0 Å². The van der Waals surface area contributed by atoms with Gasteiger partial charge in [-0.05, 0) is 69.1 Å². The molecule has 4 fully saturated rings. The molecule has 2 bridgehead atoms. The van der Waals surface area contributed by atoms with Gasteiger partial charge in [-0.3, -0.25) is 9.59 Å². The second kappa shape index (κ2) is 11.2. The second-order valence-corrected chi connectivity index (χ2v) is 10.9. The van der Waals surface area contributed by atoms with Crippen LogP contribution in [-0.2, 0) is 25.2 Å². The fraction of sp³-hybridized carbons (Fsp3) is 0.667. The van der Waals surface area contributed by atoms with Crippen molar-refractivity contribution in [1.82, 2.24) is 10.2 Å². The van der Waals surface area contributed by atoms with Crippen LogP contribution in [-0.4, -0.2) is 72.3 Å². The van der Waals surface area contributed by atoms with E-state index in [1.165, 1.54) is 13.0 Å². The fourth-order valence-electron chi connectivity index (χ4n) is 5.87. The first kappa shape index (κ1) is 28.4. The highest BCUT2D eigenvalue weighted by molar-refractivity contribution is 5.90. The molecule has 0 spiro atoms. The molecule has 1 unspecified atom stereocenters. The zero-order valence-electron chi connectivity index (χ0n) is 21.7. The third-order valence-electron chi connectivity index (χ3n) is 8.22. The maximum atomic E-state index is 13.4. The van der Waals surface area contributed by atoms with E-state index >= 15 is 0 Å². The molecule has 0 radical (unpaired) electrons. The molecular weight excluding hydrogens is 505 g/mol. The molecule has 1 aromatic rings. The van der Waals surface area contributed by atoms with Crippen molar-refractivity contribution in [3.8, 4) is 0 Å². The van der Waals surface area contributed by atoms with E-state index in [1.807, 2.05) is 0 Å². The standard InChI is InChI=1S/C27H35F3N2O6/c1-16(37-14-26-9-5-20(6-10-26)38-15-26)23(31-17(2)33)24(34)32-11-7-18(8-12-32)19-3-4-22(27(28,29)30)21(13-19)25(35)36/h3-4,13,16,18,20,23H,5-12,14-15H2,1-2H3,(H,31,33)(H,35,36)/t16-,20?,23?,26?/m1/s1. The summed E-state index contributed by atoms with van der Waals surface area (Å²) in [4.78, 5) is 38.4. The van der Waals surface area contributed by atoms with Gasteiger partial charge in [-0.15, -0.1) is 0 Å². The number of fused-ring (bicyclic) bond motifs is 3. The summed E-state index contributed by atoms with van der Waals surface area (Å²) in [5.41, 5.74) is -1.51. The fourth-order valence-corrected chi connectivity index (χ4v) is 5.87. The summed E-state index contributed by atoms with van der Waals surface area (Å²) in [6.45, 7) is 4.87. The number of nitrogens with zero attached hydrogens (tertiary/aromatic N) is 1. The number of carboxylic acids is 1. The number of carboxylic acid groups (broad SMARTS) is 1. The Labute approximate surface area is 219 Å². The number of benzene rings is 1. The van der Waals surface area contributed by atoms with Crippen molar-refractivity contribution in [3.05, 3.63) is 34.9 Å². The van der Waals surface area contributed by atoms with Crippen molar-refractivity contribution in [2.45, 2.75) is 82.7 Å². The number of carbonyl (C=O) groups is 3. The molecule has 3 aliphatic heterocycles. The Morgan fingerprint density at radius 1 is 1.18 bits per heavy atom. The molecule has 0 aromatic heterocycles. The minimum absolute atomic E-state index is 0.0539. The third-order valence-corrected chi connectivity index (χ3v) is 8.22. The first-order chi connectivity index (χ1) is 17.9. The number of halogens is 3. The van der Waals surface area contributed by atoms with E-state index < -0.39 is 35.4 Å². The number of ether oxygens (including phenoxy) is 2. The van der Waals surface area contributed by atoms with Gasteiger partial charge in [0.05, 0.1) is 36.5 Å². The number of hydrogen-bond donors (Lipinski definition) is 2. The number of hydrogen-bond acceptors (Lipinski definition) is 5. The topological polar surface area (TPSA) is 105 Å². The van der Waals surface area contributed by atoms with E-state index in [2.05, 4.69) is 5.32 Å². The van der Waals surface area contributed by atoms with Crippen LogP contribution in [0.2, 0.25) is 0 Å². The maximum Gasteiger partial charge on any atom is 0.417 e. The predicted molar refractivity (Wildman–Crippen MR) is 131 cm³/mol. The van der Waals surface area contributed by atoms with Gasteiger partial charge in [0.2, 0.25) is 11.8 Å². The van der Waals surface area contributed by atoms with Crippen molar-refractivity contribution in [2.75, 3.05) is 26.3 Å². The van der Waals surface area contributed by atoms with Crippen LogP contribution in [0.15, 0.2) is 18.2 Å². The van der Waals surface area contributed by atoms with E-state index in [1.54, 1.807) is 11.8 Å². The Balaban J connectivity index is 1.38. The zero-order valence-corrected chi connectivity index (χ0v) is 21.7. The summed E-state index contributed by atoms with van der Waals surface area (Å²) in [5.74, 6) is -2.44. The van der Waals surface area contributed by atoms with Crippen LogP contribution in [0, 0.1) is 5.41 Å². The van der Waals surface area contributed by atoms with Gasteiger partial charge in [-0.2, -0.15) is 13.2 Å². The van der Waals surface area contributed by atoms with Crippen molar-refractivity contribution in [3.63, 3.8) is 0 Å². The van der Waals surface area contributed by atoms with Gasteiger partial charge in [0, 0.05) is 25.4 Å².